The number of rotatable bonds is 2. The largest absolute Gasteiger partial charge is 0.516 e. The van der Waals surface area contributed by atoms with Crippen LogP contribution in [0.5, 0.6) is 5.75 Å². The molecule has 0 unspecified atom stereocenters. The molecule has 0 amide bonds. The molecule has 1 aromatic rings. The molecule has 0 aromatic heterocycles. The van der Waals surface area contributed by atoms with E-state index in [1.54, 1.807) is 18.2 Å². The summed E-state index contributed by atoms with van der Waals surface area (Å²) >= 11 is 0. The van der Waals surface area contributed by atoms with E-state index in [-0.39, 0.29) is 5.41 Å². The Bertz CT molecular complexity index is 369. The highest BCUT2D eigenvalue weighted by molar-refractivity contribution is 5.63. The van der Waals surface area contributed by atoms with E-state index < -0.39 is 13.0 Å². The zero-order chi connectivity index (χ0) is 12.2. The summed E-state index contributed by atoms with van der Waals surface area (Å²) in [5, 5.41) is 0. The van der Waals surface area contributed by atoms with Crippen LogP contribution in [0.1, 0.15) is 26.3 Å². The molecule has 0 saturated heterocycles. The molecular formula is C12H15FO3. The van der Waals surface area contributed by atoms with Crippen molar-refractivity contribution in [3.63, 3.8) is 0 Å². The SMILES string of the molecule is CC(C)(C)c1cccc(OC(=O)OCF)c1. The van der Waals surface area contributed by atoms with Gasteiger partial charge >= 0.3 is 6.16 Å². The van der Waals surface area contributed by atoms with Crippen LogP contribution < -0.4 is 4.74 Å². The van der Waals surface area contributed by atoms with Gasteiger partial charge in [0.05, 0.1) is 0 Å². The van der Waals surface area contributed by atoms with Gasteiger partial charge in [0.25, 0.3) is 0 Å². The molecule has 0 N–H and O–H groups in total. The molecule has 88 valence electrons. The van der Waals surface area contributed by atoms with Gasteiger partial charge < -0.3 is 9.47 Å². The van der Waals surface area contributed by atoms with Crippen LogP contribution in [0.2, 0.25) is 0 Å². The van der Waals surface area contributed by atoms with Crippen molar-refractivity contribution in [2.75, 3.05) is 6.86 Å². The maximum absolute atomic E-state index is 11.7. The van der Waals surface area contributed by atoms with Crippen LogP contribution in [-0.2, 0) is 10.2 Å². The summed E-state index contributed by atoms with van der Waals surface area (Å²) in [6.07, 6.45) is -1.03. The summed E-state index contributed by atoms with van der Waals surface area (Å²) < 4.78 is 20.5. The summed E-state index contributed by atoms with van der Waals surface area (Å²) in [5.74, 6) is 0.353. The highest BCUT2D eigenvalue weighted by Crippen LogP contribution is 2.25. The molecule has 0 aliphatic carbocycles. The molecule has 1 aromatic carbocycles. The van der Waals surface area contributed by atoms with Crippen molar-refractivity contribution in [1.29, 1.82) is 0 Å². The van der Waals surface area contributed by atoms with Gasteiger partial charge in [-0.05, 0) is 23.1 Å². The van der Waals surface area contributed by atoms with Crippen LogP contribution in [-0.4, -0.2) is 13.0 Å². The lowest BCUT2D eigenvalue weighted by molar-refractivity contribution is 0.0610. The van der Waals surface area contributed by atoms with Gasteiger partial charge in [-0.1, -0.05) is 32.9 Å². The maximum atomic E-state index is 11.7. The molecule has 0 heterocycles. The Morgan fingerprint density at radius 2 is 2.06 bits per heavy atom. The molecule has 0 bridgehead atoms. The first-order valence-corrected chi connectivity index (χ1v) is 4.94. The van der Waals surface area contributed by atoms with Gasteiger partial charge in [-0.25, -0.2) is 9.18 Å². The minimum absolute atomic E-state index is 0.0383. The van der Waals surface area contributed by atoms with Crippen molar-refractivity contribution in [2.24, 2.45) is 0 Å². The quantitative estimate of drug-likeness (QED) is 0.572. The second kappa shape index (κ2) is 4.96. The van der Waals surface area contributed by atoms with Gasteiger partial charge in [0.1, 0.15) is 5.75 Å². The molecule has 0 radical (unpaired) electrons. The molecular weight excluding hydrogens is 211 g/mol. The van der Waals surface area contributed by atoms with Gasteiger partial charge in [0.2, 0.25) is 6.86 Å². The van der Waals surface area contributed by atoms with Crippen LogP contribution in [0.3, 0.4) is 0 Å². The Kier molecular flexibility index (Phi) is 3.88. The van der Waals surface area contributed by atoms with E-state index in [9.17, 15) is 9.18 Å². The lowest BCUT2D eigenvalue weighted by atomic mass is 9.87. The minimum Gasteiger partial charge on any atom is -0.402 e. The first kappa shape index (κ1) is 12.5. The van der Waals surface area contributed by atoms with Crippen molar-refractivity contribution < 1.29 is 18.7 Å². The Morgan fingerprint density at radius 3 is 2.62 bits per heavy atom. The summed E-state index contributed by atoms with van der Waals surface area (Å²) in [5.41, 5.74) is 0.988. The van der Waals surface area contributed by atoms with Gasteiger partial charge in [0.15, 0.2) is 0 Å². The molecule has 4 heteroatoms. The van der Waals surface area contributed by atoms with E-state index in [0.29, 0.717) is 5.75 Å². The molecule has 0 aliphatic heterocycles. The third-order valence-electron chi connectivity index (χ3n) is 2.07. The van der Waals surface area contributed by atoms with Gasteiger partial charge in [-0.2, -0.15) is 0 Å². The van der Waals surface area contributed by atoms with Crippen molar-refractivity contribution in [2.45, 2.75) is 26.2 Å². The zero-order valence-electron chi connectivity index (χ0n) is 9.62. The number of hydrogen-bond acceptors (Lipinski definition) is 3. The van der Waals surface area contributed by atoms with Crippen LogP contribution in [0.25, 0.3) is 0 Å². The predicted molar refractivity (Wildman–Crippen MR) is 58.2 cm³/mol. The van der Waals surface area contributed by atoms with Crippen LogP contribution >= 0.6 is 0 Å². The molecule has 0 atom stereocenters. The van der Waals surface area contributed by atoms with Crippen LogP contribution in [0, 0.1) is 0 Å². The summed E-state index contributed by atoms with van der Waals surface area (Å²) in [6, 6.07) is 7.07. The average Bonchev–Trinajstić information content (AvgIpc) is 2.17. The fraction of sp³-hybridized carbons (Fsp3) is 0.417. The molecule has 0 aliphatic rings. The first-order valence-electron chi connectivity index (χ1n) is 4.94. The fourth-order valence-electron chi connectivity index (χ4n) is 1.20. The van der Waals surface area contributed by atoms with Crippen LogP contribution in [0.4, 0.5) is 9.18 Å². The standard InChI is InChI=1S/C12H15FO3/c1-12(2,3)9-5-4-6-10(7-9)16-11(14)15-8-13/h4-7H,8H2,1-3H3. The number of ether oxygens (including phenoxy) is 2. The Hall–Kier alpha value is -1.58. The molecule has 3 nitrogen and oxygen atoms in total. The third-order valence-corrected chi connectivity index (χ3v) is 2.07. The van der Waals surface area contributed by atoms with E-state index in [0.717, 1.165) is 5.56 Å². The number of benzene rings is 1. The smallest absolute Gasteiger partial charge is 0.402 e. The van der Waals surface area contributed by atoms with Crippen LogP contribution in [0.15, 0.2) is 24.3 Å². The van der Waals surface area contributed by atoms with Crippen molar-refractivity contribution >= 4 is 6.16 Å². The second-order valence-electron chi connectivity index (χ2n) is 4.38. The zero-order valence-corrected chi connectivity index (χ0v) is 9.62. The Balaban J connectivity index is 2.79. The second-order valence-corrected chi connectivity index (χ2v) is 4.38. The summed E-state index contributed by atoms with van der Waals surface area (Å²) in [4.78, 5) is 10.9. The molecule has 0 fully saturated rings. The molecule has 1 rings (SSSR count). The molecule has 0 saturated carbocycles. The minimum atomic E-state index is -1.18. The van der Waals surface area contributed by atoms with E-state index >= 15 is 0 Å². The monoisotopic (exact) mass is 226 g/mol. The molecule has 0 spiro atoms. The van der Waals surface area contributed by atoms with Crippen molar-refractivity contribution in [1.82, 2.24) is 0 Å². The van der Waals surface area contributed by atoms with E-state index in [2.05, 4.69) is 4.74 Å². The first-order chi connectivity index (χ1) is 7.43. The Labute approximate surface area is 94.2 Å². The lowest BCUT2D eigenvalue weighted by Gasteiger charge is -2.19. The van der Waals surface area contributed by atoms with Gasteiger partial charge in [-0.15, -0.1) is 0 Å². The Morgan fingerprint density at radius 1 is 1.38 bits per heavy atom. The lowest BCUT2D eigenvalue weighted by Crippen LogP contribution is -2.13. The number of alkyl halides is 1. The maximum Gasteiger partial charge on any atom is 0.516 e. The van der Waals surface area contributed by atoms with Gasteiger partial charge in [0, 0.05) is 0 Å². The summed E-state index contributed by atoms with van der Waals surface area (Å²) in [7, 11) is 0. The van der Waals surface area contributed by atoms with E-state index in [4.69, 9.17) is 4.74 Å². The third kappa shape index (κ3) is 3.53. The van der Waals surface area contributed by atoms with Crippen molar-refractivity contribution in [3.05, 3.63) is 29.8 Å². The highest BCUT2D eigenvalue weighted by Gasteiger charge is 2.15. The highest BCUT2D eigenvalue weighted by atomic mass is 19.1. The van der Waals surface area contributed by atoms with E-state index in [1.807, 2.05) is 26.8 Å². The van der Waals surface area contributed by atoms with Crippen molar-refractivity contribution in [3.8, 4) is 5.75 Å². The fourth-order valence-corrected chi connectivity index (χ4v) is 1.20. The normalized spacial score (nSPS) is 11.0. The number of carbonyl (C=O) groups is 1. The average molecular weight is 226 g/mol. The predicted octanol–water partition coefficient (Wildman–Crippen LogP) is 3.43. The number of carbonyl (C=O) groups excluding carboxylic acids is 1. The topological polar surface area (TPSA) is 35.5 Å². The van der Waals surface area contributed by atoms with E-state index in [1.165, 1.54) is 0 Å². The number of halogens is 1. The summed E-state index contributed by atoms with van der Waals surface area (Å²) in [6.45, 7) is 4.96. The molecule has 16 heavy (non-hydrogen) atoms. The van der Waals surface area contributed by atoms with Gasteiger partial charge in [-0.3, -0.25) is 0 Å². The number of hydrogen-bond donors (Lipinski definition) is 0.